The maximum Gasteiger partial charge on any atom is 0.166 e. The van der Waals surface area contributed by atoms with Gasteiger partial charge in [-0.05, 0) is 99.1 Å². The van der Waals surface area contributed by atoms with Crippen LogP contribution in [0.15, 0.2) is 85.2 Å². The fourth-order valence-electron chi connectivity index (χ4n) is 6.46. The number of aromatic nitrogens is 4. The molecule has 0 saturated heterocycles. The highest BCUT2D eigenvalue weighted by Gasteiger charge is 2.29. The lowest BCUT2D eigenvalue weighted by molar-refractivity contribution is 1.19. The van der Waals surface area contributed by atoms with E-state index >= 15 is 0 Å². The standard InChI is InChI=1S/C31H18N4/c1-2-6-20-17(5-1)14-25-21(20)10-9-18-13-19-15-24-22-7-3-11-32-29(22)35-30(26(24)16-23(19)28(18)25)34-27-8-4-12-33-31(27)35/h1-12,15-16H,13-14H2. The Morgan fingerprint density at radius 3 is 2.43 bits per heavy atom. The van der Waals surface area contributed by atoms with Crippen molar-refractivity contribution in [3.8, 4) is 22.3 Å². The van der Waals surface area contributed by atoms with Gasteiger partial charge in [-0.1, -0.05) is 36.4 Å². The van der Waals surface area contributed by atoms with Gasteiger partial charge in [0.1, 0.15) is 16.8 Å². The zero-order chi connectivity index (χ0) is 22.7. The molecule has 0 aliphatic heterocycles. The summed E-state index contributed by atoms with van der Waals surface area (Å²) in [6.07, 6.45) is 5.65. The van der Waals surface area contributed by atoms with Crippen LogP contribution in [0, 0.1) is 0 Å². The van der Waals surface area contributed by atoms with Crippen LogP contribution in [-0.4, -0.2) is 19.4 Å². The number of nitrogens with zero attached hydrogens (tertiary/aromatic N) is 4. The van der Waals surface area contributed by atoms with Crippen molar-refractivity contribution in [2.75, 3.05) is 0 Å². The van der Waals surface area contributed by atoms with Gasteiger partial charge in [-0.25, -0.2) is 15.0 Å². The minimum absolute atomic E-state index is 0.852. The van der Waals surface area contributed by atoms with Crippen molar-refractivity contribution in [2.24, 2.45) is 0 Å². The fraction of sp³-hybridized carbons (Fsp3) is 0.0645. The number of hydrogen-bond donors (Lipinski definition) is 0. The molecule has 2 aliphatic rings. The van der Waals surface area contributed by atoms with E-state index < -0.39 is 0 Å². The highest BCUT2D eigenvalue weighted by molar-refractivity contribution is 6.14. The molecule has 9 rings (SSSR count). The Hall–Kier alpha value is -4.57. The molecule has 0 atom stereocenters. The number of hydrogen-bond acceptors (Lipinski definition) is 3. The van der Waals surface area contributed by atoms with E-state index in [4.69, 9.17) is 9.97 Å². The molecular formula is C31H18N4. The topological polar surface area (TPSA) is 43.1 Å². The molecule has 0 N–H and O–H groups in total. The van der Waals surface area contributed by atoms with Crippen LogP contribution in [0.4, 0.5) is 0 Å². The molecule has 2 aliphatic carbocycles. The Balaban J connectivity index is 1.42. The zero-order valence-corrected chi connectivity index (χ0v) is 18.8. The monoisotopic (exact) mass is 446 g/mol. The van der Waals surface area contributed by atoms with E-state index in [0.29, 0.717) is 0 Å². The first-order valence-corrected chi connectivity index (χ1v) is 12.0. The molecule has 4 aromatic heterocycles. The maximum atomic E-state index is 5.04. The van der Waals surface area contributed by atoms with Crippen LogP contribution in [0.5, 0.6) is 0 Å². The average Bonchev–Trinajstić information content (AvgIpc) is 3.58. The van der Waals surface area contributed by atoms with Gasteiger partial charge in [0.25, 0.3) is 0 Å². The van der Waals surface area contributed by atoms with Crippen LogP contribution in [0.3, 0.4) is 0 Å². The van der Waals surface area contributed by atoms with E-state index in [0.717, 1.165) is 46.1 Å². The lowest BCUT2D eigenvalue weighted by atomic mass is 9.94. The van der Waals surface area contributed by atoms with Crippen molar-refractivity contribution in [3.05, 3.63) is 107 Å². The van der Waals surface area contributed by atoms with Gasteiger partial charge in [0.15, 0.2) is 5.65 Å². The first-order valence-electron chi connectivity index (χ1n) is 12.0. The van der Waals surface area contributed by atoms with Crippen molar-refractivity contribution in [2.45, 2.75) is 12.8 Å². The van der Waals surface area contributed by atoms with Gasteiger partial charge in [-0.15, -0.1) is 0 Å². The molecule has 35 heavy (non-hydrogen) atoms. The summed E-state index contributed by atoms with van der Waals surface area (Å²) < 4.78 is 2.13. The summed E-state index contributed by atoms with van der Waals surface area (Å²) in [6, 6.07) is 26.4. The van der Waals surface area contributed by atoms with Crippen LogP contribution in [-0.2, 0) is 12.8 Å². The molecule has 0 spiro atoms. The summed E-state index contributed by atoms with van der Waals surface area (Å²) >= 11 is 0. The molecule has 3 aromatic carbocycles. The minimum Gasteiger partial charge on any atom is -0.260 e. The van der Waals surface area contributed by atoms with Crippen molar-refractivity contribution in [3.63, 3.8) is 0 Å². The number of benzene rings is 3. The molecule has 0 amide bonds. The number of pyridine rings is 3. The molecule has 162 valence electrons. The number of imidazole rings is 1. The van der Waals surface area contributed by atoms with Gasteiger partial charge >= 0.3 is 0 Å². The van der Waals surface area contributed by atoms with Crippen molar-refractivity contribution in [1.29, 1.82) is 0 Å². The molecule has 0 fully saturated rings. The third-order valence-corrected chi connectivity index (χ3v) is 7.91. The van der Waals surface area contributed by atoms with E-state index in [-0.39, 0.29) is 0 Å². The lowest BCUT2D eigenvalue weighted by Gasteiger charge is -2.12. The molecular weight excluding hydrogens is 428 g/mol. The van der Waals surface area contributed by atoms with Gasteiger partial charge in [-0.2, -0.15) is 0 Å². The Morgan fingerprint density at radius 1 is 0.571 bits per heavy atom. The van der Waals surface area contributed by atoms with Crippen LogP contribution in [0.1, 0.15) is 22.3 Å². The predicted octanol–water partition coefficient (Wildman–Crippen LogP) is 6.73. The summed E-state index contributed by atoms with van der Waals surface area (Å²) in [5.41, 5.74) is 14.8. The Bertz CT molecular complexity index is 2070. The molecule has 0 unspecified atom stereocenters. The van der Waals surface area contributed by atoms with E-state index in [2.05, 4.69) is 64.0 Å². The highest BCUT2D eigenvalue weighted by atomic mass is 15.1. The van der Waals surface area contributed by atoms with Crippen molar-refractivity contribution < 1.29 is 0 Å². The van der Waals surface area contributed by atoms with Crippen LogP contribution in [0.2, 0.25) is 0 Å². The third kappa shape index (κ3) is 2.15. The van der Waals surface area contributed by atoms with Crippen LogP contribution >= 0.6 is 0 Å². The zero-order valence-electron chi connectivity index (χ0n) is 18.8. The van der Waals surface area contributed by atoms with Gasteiger partial charge in [-0.3, -0.25) is 4.40 Å². The Labute approximate surface area is 200 Å². The first-order chi connectivity index (χ1) is 17.3. The summed E-state index contributed by atoms with van der Waals surface area (Å²) in [7, 11) is 0. The largest absolute Gasteiger partial charge is 0.260 e. The molecule has 0 bridgehead atoms. The summed E-state index contributed by atoms with van der Waals surface area (Å²) in [4.78, 5) is 14.5. The van der Waals surface area contributed by atoms with E-state index in [9.17, 15) is 0 Å². The summed E-state index contributed by atoms with van der Waals surface area (Å²) in [5.74, 6) is 0. The highest BCUT2D eigenvalue weighted by Crippen LogP contribution is 2.49. The molecule has 0 saturated carbocycles. The lowest BCUT2D eigenvalue weighted by Crippen LogP contribution is -1.96. The maximum absolute atomic E-state index is 5.04. The number of rotatable bonds is 0. The minimum atomic E-state index is 0.852. The van der Waals surface area contributed by atoms with E-state index in [1.807, 2.05) is 30.6 Å². The van der Waals surface area contributed by atoms with E-state index in [1.54, 1.807) is 0 Å². The first kappa shape index (κ1) is 17.8. The van der Waals surface area contributed by atoms with Gasteiger partial charge in [0.2, 0.25) is 0 Å². The quantitative estimate of drug-likeness (QED) is 0.243. The molecule has 4 nitrogen and oxygen atoms in total. The van der Waals surface area contributed by atoms with Crippen LogP contribution in [0.25, 0.3) is 60.9 Å². The molecule has 0 radical (unpaired) electrons. The van der Waals surface area contributed by atoms with Gasteiger partial charge in [0.05, 0.1) is 0 Å². The van der Waals surface area contributed by atoms with Crippen molar-refractivity contribution in [1.82, 2.24) is 19.4 Å². The predicted molar refractivity (Wildman–Crippen MR) is 140 cm³/mol. The molecule has 4 heterocycles. The van der Waals surface area contributed by atoms with Crippen LogP contribution < -0.4 is 0 Å². The summed E-state index contributed by atoms with van der Waals surface area (Å²) in [5, 5.41) is 3.50. The van der Waals surface area contributed by atoms with E-state index in [1.165, 1.54) is 49.9 Å². The SMILES string of the molecule is c1ccc2c(c1)Cc1c-2ccc2c1-c1cc3c(cc1C2)c1cccnc1n1c2ncccc2nc31. The summed E-state index contributed by atoms with van der Waals surface area (Å²) in [6.45, 7) is 0. The third-order valence-electron chi connectivity index (χ3n) is 7.91. The normalized spacial score (nSPS) is 13.5. The average molecular weight is 447 g/mol. The fourth-order valence-corrected chi connectivity index (χ4v) is 6.46. The molecule has 7 aromatic rings. The van der Waals surface area contributed by atoms with Gasteiger partial charge < -0.3 is 0 Å². The van der Waals surface area contributed by atoms with Gasteiger partial charge in [0, 0.05) is 23.2 Å². The molecule has 4 heteroatoms. The Morgan fingerprint density at radius 2 is 1.46 bits per heavy atom. The smallest absolute Gasteiger partial charge is 0.166 e. The second-order valence-corrected chi connectivity index (χ2v) is 9.68. The second kappa shape index (κ2) is 6.10. The number of fused-ring (bicyclic) bond motifs is 15. The van der Waals surface area contributed by atoms with Crippen molar-refractivity contribution >= 4 is 38.6 Å². The Kier molecular flexibility index (Phi) is 3.11. The second-order valence-electron chi connectivity index (χ2n) is 9.68.